The van der Waals surface area contributed by atoms with Crippen LogP contribution < -0.4 is 0 Å². The van der Waals surface area contributed by atoms with Crippen molar-refractivity contribution >= 4 is 43.7 Å². The average molecular weight is 641 g/mol. The minimum Gasteiger partial charge on any atom is -0.307 e. The first kappa shape index (κ1) is 28.1. The largest absolute Gasteiger partial charge is 0.307 e. The molecule has 0 radical (unpaired) electrons. The zero-order valence-corrected chi connectivity index (χ0v) is 26.8. The molecule has 0 N–H and O–H groups in total. The Balaban J connectivity index is 1.25. The highest BCUT2D eigenvalue weighted by molar-refractivity contribution is 6.10. The van der Waals surface area contributed by atoms with Gasteiger partial charge in [-0.2, -0.15) is 9.97 Å². The van der Waals surface area contributed by atoms with Crippen LogP contribution in [0.4, 0.5) is 0 Å². The van der Waals surface area contributed by atoms with Crippen molar-refractivity contribution in [1.82, 2.24) is 29.1 Å². The van der Waals surface area contributed by atoms with Crippen molar-refractivity contribution in [3.05, 3.63) is 170 Å². The SMILES string of the molecule is c1ccc(-c2ccc3c(c2)c2ccccc2n3-c2nc(-c3ccccc3)nc(-c3ccccc3-n3c4ccccc4c4ncccc43)n2)cc1. The van der Waals surface area contributed by atoms with Crippen LogP contribution in [0.2, 0.25) is 0 Å². The molecule has 0 atom stereocenters. The standard InChI is InChI=1S/C44H28N6/c1-3-14-29(15-4-1)31-25-26-39-35(28-31)32-18-7-10-21-36(32)50(39)44-47-42(30-16-5-2-6-17-30)46-43(48-44)34-20-9-12-23-38(34)49-37-22-11-8-19-33(37)41-40(49)24-13-27-45-41/h1-28H. The smallest absolute Gasteiger partial charge is 0.238 e. The molecule has 0 unspecified atom stereocenters. The predicted molar refractivity (Wildman–Crippen MR) is 203 cm³/mol. The van der Waals surface area contributed by atoms with Crippen LogP contribution in [0.25, 0.3) is 89.3 Å². The van der Waals surface area contributed by atoms with Crippen molar-refractivity contribution in [1.29, 1.82) is 0 Å². The van der Waals surface area contributed by atoms with Crippen molar-refractivity contribution in [3.8, 4) is 45.5 Å². The van der Waals surface area contributed by atoms with E-state index in [0.717, 1.165) is 66.1 Å². The molecular weight excluding hydrogens is 613 g/mol. The van der Waals surface area contributed by atoms with Crippen LogP contribution >= 0.6 is 0 Å². The highest BCUT2D eigenvalue weighted by atomic mass is 15.2. The summed E-state index contributed by atoms with van der Waals surface area (Å²) in [5.74, 6) is 1.76. The summed E-state index contributed by atoms with van der Waals surface area (Å²) in [6.45, 7) is 0. The van der Waals surface area contributed by atoms with Gasteiger partial charge in [0.1, 0.15) is 0 Å². The van der Waals surface area contributed by atoms with E-state index in [-0.39, 0.29) is 0 Å². The highest BCUT2D eigenvalue weighted by Gasteiger charge is 2.21. The van der Waals surface area contributed by atoms with Gasteiger partial charge in [0.05, 0.1) is 33.3 Å². The molecule has 10 aromatic rings. The van der Waals surface area contributed by atoms with Crippen molar-refractivity contribution < 1.29 is 0 Å². The Bertz CT molecular complexity index is 2820. The Kier molecular flexibility index (Phi) is 6.39. The molecule has 234 valence electrons. The van der Waals surface area contributed by atoms with Crippen LogP contribution in [0.1, 0.15) is 0 Å². The summed E-state index contributed by atoms with van der Waals surface area (Å²) in [5.41, 5.74) is 10.2. The van der Waals surface area contributed by atoms with Gasteiger partial charge in [-0.05, 0) is 59.7 Å². The van der Waals surface area contributed by atoms with Gasteiger partial charge in [0.15, 0.2) is 11.6 Å². The van der Waals surface area contributed by atoms with Gasteiger partial charge in [0, 0.05) is 33.5 Å². The molecule has 0 bridgehead atoms. The maximum absolute atomic E-state index is 5.29. The van der Waals surface area contributed by atoms with Gasteiger partial charge in [-0.15, -0.1) is 0 Å². The number of aromatic nitrogens is 6. The molecule has 0 aliphatic heterocycles. The molecular formula is C44H28N6. The number of fused-ring (bicyclic) bond motifs is 6. The van der Waals surface area contributed by atoms with Crippen molar-refractivity contribution in [2.24, 2.45) is 0 Å². The lowest BCUT2D eigenvalue weighted by Crippen LogP contribution is -2.07. The number of para-hydroxylation sites is 3. The van der Waals surface area contributed by atoms with Gasteiger partial charge in [0.2, 0.25) is 5.95 Å². The van der Waals surface area contributed by atoms with Gasteiger partial charge in [0.25, 0.3) is 0 Å². The van der Waals surface area contributed by atoms with Gasteiger partial charge in [-0.25, -0.2) is 4.98 Å². The molecule has 6 nitrogen and oxygen atoms in total. The van der Waals surface area contributed by atoms with Crippen molar-refractivity contribution in [2.75, 3.05) is 0 Å². The Morgan fingerprint density at radius 1 is 0.380 bits per heavy atom. The van der Waals surface area contributed by atoms with E-state index < -0.39 is 0 Å². The number of hydrogen-bond donors (Lipinski definition) is 0. The van der Waals surface area contributed by atoms with Crippen LogP contribution in [0.5, 0.6) is 0 Å². The fourth-order valence-corrected chi connectivity index (χ4v) is 7.20. The molecule has 0 saturated heterocycles. The normalized spacial score (nSPS) is 11.6. The second-order valence-electron chi connectivity index (χ2n) is 12.3. The summed E-state index contributed by atoms with van der Waals surface area (Å²) < 4.78 is 4.44. The van der Waals surface area contributed by atoms with E-state index in [1.165, 1.54) is 5.56 Å². The maximum atomic E-state index is 5.29. The quantitative estimate of drug-likeness (QED) is 0.188. The minimum absolute atomic E-state index is 0.561. The molecule has 0 aliphatic rings. The summed E-state index contributed by atoms with van der Waals surface area (Å²) in [4.78, 5) is 20.4. The topological polar surface area (TPSA) is 61.4 Å². The lowest BCUT2D eigenvalue weighted by Gasteiger charge is -2.15. The summed E-state index contributed by atoms with van der Waals surface area (Å²) >= 11 is 0. The number of nitrogens with zero attached hydrogens (tertiary/aromatic N) is 6. The molecule has 6 aromatic carbocycles. The molecule has 0 amide bonds. The Labute approximate surface area is 287 Å². The fraction of sp³-hybridized carbons (Fsp3) is 0. The second-order valence-corrected chi connectivity index (χ2v) is 12.3. The first-order chi connectivity index (χ1) is 24.8. The Morgan fingerprint density at radius 3 is 1.82 bits per heavy atom. The van der Waals surface area contributed by atoms with E-state index in [0.29, 0.717) is 17.6 Å². The third-order valence-corrected chi connectivity index (χ3v) is 9.45. The van der Waals surface area contributed by atoms with Crippen LogP contribution in [-0.2, 0) is 0 Å². The number of rotatable bonds is 5. The Hall–Kier alpha value is -6.92. The molecule has 0 spiro atoms. The average Bonchev–Trinajstić information content (AvgIpc) is 3.71. The first-order valence-electron chi connectivity index (χ1n) is 16.7. The first-order valence-corrected chi connectivity index (χ1v) is 16.7. The van der Waals surface area contributed by atoms with E-state index in [2.05, 4.69) is 124 Å². The summed E-state index contributed by atoms with van der Waals surface area (Å²) in [6.07, 6.45) is 1.85. The minimum atomic E-state index is 0.561. The van der Waals surface area contributed by atoms with Gasteiger partial charge < -0.3 is 4.57 Å². The zero-order chi connectivity index (χ0) is 33.0. The number of hydrogen-bond acceptors (Lipinski definition) is 4. The fourth-order valence-electron chi connectivity index (χ4n) is 7.20. The van der Waals surface area contributed by atoms with Crippen LogP contribution in [-0.4, -0.2) is 29.1 Å². The van der Waals surface area contributed by atoms with E-state index in [1.54, 1.807) is 0 Å². The van der Waals surface area contributed by atoms with Crippen LogP contribution in [0, 0.1) is 0 Å². The molecule has 4 heterocycles. The molecule has 0 saturated carbocycles. The zero-order valence-electron chi connectivity index (χ0n) is 26.8. The molecule has 0 fully saturated rings. The lowest BCUT2D eigenvalue weighted by molar-refractivity contribution is 0.951. The molecule has 6 heteroatoms. The van der Waals surface area contributed by atoms with E-state index in [4.69, 9.17) is 19.9 Å². The number of benzene rings is 6. The predicted octanol–water partition coefficient (Wildman–Crippen LogP) is 10.5. The summed E-state index contributed by atoms with van der Waals surface area (Å²) in [6, 6.07) is 56.6. The molecule has 0 aliphatic carbocycles. The Morgan fingerprint density at radius 2 is 1.00 bits per heavy atom. The van der Waals surface area contributed by atoms with E-state index >= 15 is 0 Å². The van der Waals surface area contributed by atoms with E-state index in [9.17, 15) is 0 Å². The maximum Gasteiger partial charge on any atom is 0.238 e. The number of pyridine rings is 1. The molecule has 4 aromatic heterocycles. The van der Waals surface area contributed by atoms with E-state index in [1.807, 2.05) is 54.7 Å². The van der Waals surface area contributed by atoms with Gasteiger partial charge in [-0.1, -0.05) is 115 Å². The summed E-state index contributed by atoms with van der Waals surface area (Å²) in [5, 5.41) is 3.38. The molecule has 10 rings (SSSR count). The van der Waals surface area contributed by atoms with Crippen LogP contribution in [0.3, 0.4) is 0 Å². The second kappa shape index (κ2) is 11.4. The van der Waals surface area contributed by atoms with Crippen molar-refractivity contribution in [2.45, 2.75) is 0 Å². The third-order valence-electron chi connectivity index (χ3n) is 9.45. The van der Waals surface area contributed by atoms with Gasteiger partial charge in [-0.3, -0.25) is 9.55 Å². The van der Waals surface area contributed by atoms with Crippen LogP contribution in [0.15, 0.2) is 170 Å². The van der Waals surface area contributed by atoms with Crippen molar-refractivity contribution in [3.63, 3.8) is 0 Å². The lowest BCUT2D eigenvalue weighted by atomic mass is 10.0. The third kappa shape index (κ3) is 4.43. The highest BCUT2D eigenvalue weighted by Crippen LogP contribution is 2.37. The molecule has 50 heavy (non-hydrogen) atoms. The monoisotopic (exact) mass is 640 g/mol. The van der Waals surface area contributed by atoms with Gasteiger partial charge >= 0.3 is 0 Å². The summed E-state index contributed by atoms with van der Waals surface area (Å²) in [7, 11) is 0.